The van der Waals surface area contributed by atoms with Crippen LogP contribution in [-0.4, -0.2) is 29.6 Å². The smallest absolute Gasteiger partial charge is 0.355 e. The Kier molecular flexibility index (Phi) is 5.74. The van der Waals surface area contributed by atoms with Crippen LogP contribution in [0.5, 0.6) is 5.75 Å². The zero-order chi connectivity index (χ0) is 20.1. The molecule has 0 bridgehead atoms. The zero-order valence-corrected chi connectivity index (χ0v) is 15.5. The third kappa shape index (κ3) is 4.37. The summed E-state index contributed by atoms with van der Waals surface area (Å²) in [5, 5.41) is 3.75. The van der Waals surface area contributed by atoms with Crippen LogP contribution in [0.1, 0.15) is 24.3 Å². The Labute approximate surface area is 161 Å². The first-order valence-electron chi connectivity index (χ1n) is 8.84. The van der Waals surface area contributed by atoms with E-state index in [4.69, 9.17) is 9.47 Å². The van der Waals surface area contributed by atoms with Gasteiger partial charge in [-0.2, -0.15) is 0 Å². The Morgan fingerprint density at radius 2 is 1.82 bits per heavy atom. The number of rotatable bonds is 6. The van der Waals surface area contributed by atoms with E-state index in [0.29, 0.717) is 28.8 Å². The van der Waals surface area contributed by atoms with Gasteiger partial charge in [-0.1, -0.05) is 18.2 Å². The predicted octanol–water partition coefficient (Wildman–Crippen LogP) is 3.11. The first kappa shape index (κ1) is 19.2. The lowest BCUT2D eigenvalue weighted by molar-refractivity contribution is -0.123. The highest BCUT2D eigenvalue weighted by molar-refractivity contribution is 5.98. The second kappa shape index (κ2) is 8.39. The van der Waals surface area contributed by atoms with E-state index in [-0.39, 0.29) is 5.69 Å². The number of amides is 1. The third-order valence-electron chi connectivity index (χ3n) is 4.06. The minimum atomic E-state index is -1.05. The van der Waals surface area contributed by atoms with Gasteiger partial charge in [0.2, 0.25) is 0 Å². The van der Waals surface area contributed by atoms with Crippen molar-refractivity contribution in [2.24, 2.45) is 0 Å². The van der Waals surface area contributed by atoms with Crippen molar-refractivity contribution in [2.75, 3.05) is 11.9 Å². The number of ether oxygens (including phenoxy) is 2. The normalized spacial score (nSPS) is 11.6. The van der Waals surface area contributed by atoms with Crippen molar-refractivity contribution in [3.05, 3.63) is 70.6 Å². The van der Waals surface area contributed by atoms with Crippen LogP contribution in [0, 0.1) is 0 Å². The average molecular weight is 380 g/mol. The largest absolute Gasteiger partial charge is 0.494 e. The first-order chi connectivity index (χ1) is 13.5. The SMILES string of the molecule is CCOc1ccc(NC(=O)[C@@H](C)OC(=O)c2cc3ccccc3c(=O)[nH]2)cc1. The summed E-state index contributed by atoms with van der Waals surface area (Å²) in [4.78, 5) is 39.2. The molecule has 0 spiro atoms. The summed E-state index contributed by atoms with van der Waals surface area (Å²) >= 11 is 0. The molecule has 144 valence electrons. The van der Waals surface area contributed by atoms with Gasteiger partial charge in [0.05, 0.1) is 6.61 Å². The lowest BCUT2D eigenvalue weighted by Gasteiger charge is -2.14. The number of aromatic amines is 1. The molecule has 7 heteroatoms. The molecule has 7 nitrogen and oxygen atoms in total. The van der Waals surface area contributed by atoms with Crippen LogP contribution < -0.4 is 15.6 Å². The van der Waals surface area contributed by atoms with E-state index in [0.717, 1.165) is 0 Å². The van der Waals surface area contributed by atoms with Crippen molar-refractivity contribution in [3.8, 4) is 5.75 Å². The highest BCUT2D eigenvalue weighted by Gasteiger charge is 2.20. The number of hydrogen-bond acceptors (Lipinski definition) is 5. The molecule has 0 radical (unpaired) electrons. The van der Waals surface area contributed by atoms with Gasteiger partial charge in [-0.3, -0.25) is 9.59 Å². The average Bonchev–Trinajstić information content (AvgIpc) is 2.69. The number of esters is 1. The lowest BCUT2D eigenvalue weighted by Crippen LogP contribution is -2.30. The van der Waals surface area contributed by atoms with E-state index in [9.17, 15) is 14.4 Å². The van der Waals surface area contributed by atoms with Crippen molar-refractivity contribution in [1.29, 1.82) is 0 Å². The minimum Gasteiger partial charge on any atom is -0.494 e. The molecule has 1 amide bonds. The van der Waals surface area contributed by atoms with Gasteiger partial charge in [-0.25, -0.2) is 4.79 Å². The van der Waals surface area contributed by atoms with Gasteiger partial charge in [0.25, 0.3) is 11.5 Å². The maximum Gasteiger partial charge on any atom is 0.355 e. The third-order valence-corrected chi connectivity index (χ3v) is 4.06. The zero-order valence-electron chi connectivity index (χ0n) is 15.5. The number of aromatic nitrogens is 1. The summed E-state index contributed by atoms with van der Waals surface area (Å²) in [5.74, 6) is -0.571. The fourth-order valence-corrected chi connectivity index (χ4v) is 2.64. The fraction of sp³-hybridized carbons (Fsp3) is 0.190. The minimum absolute atomic E-state index is 0.00980. The predicted molar refractivity (Wildman–Crippen MR) is 106 cm³/mol. The van der Waals surface area contributed by atoms with Crippen molar-refractivity contribution < 1.29 is 19.1 Å². The molecule has 3 aromatic rings. The summed E-state index contributed by atoms with van der Waals surface area (Å²) in [6, 6.07) is 15.3. The van der Waals surface area contributed by atoms with Crippen molar-refractivity contribution in [1.82, 2.24) is 4.98 Å². The molecular formula is C21H20N2O5. The van der Waals surface area contributed by atoms with Crippen molar-refractivity contribution >= 4 is 28.3 Å². The van der Waals surface area contributed by atoms with Crippen LogP contribution in [0.4, 0.5) is 5.69 Å². The Morgan fingerprint density at radius 3 is 2.54 bits per heavy atom. The number of H-pyrrole nitrogens is 1. The summed E-state index contributed by atoms with van der Waals surface area (Å²) in [6.07, 6.45) is -1.05. The number of anilines is 1. The molecule has 0 aliphatic heterocycles. The fourth-order valence-electron chi connectivity index (χ4n) is 2.64. The van der Waals surface area contributed by atoms with Gasteiger partial charge in [0.15, 0.2) is 6.10 Å². The van der Waals surface area contributed by atoms with E-state index in [1.807, 2.05) is 6.92 Å². The molecule has 3 rings (SSSR count). The Hall–Kier alpha value is -3.61. The number of fused-ring (bicyclic) bond motifs is 1. The van der Waals surface area contributed by atoms with Gasteiger partial charge in [0.1, 0.15) is 11.4 Å². The van der Waals surface area contributed by atoms with E-state index in [1.165, 1.54) is 13.0 Å². The maximum absolute atomic E-state index is 12.3. The Morgan fingerprint density at radius 1 is 1.11 bits per heavy atom. The second-order valence-electron chi connectivity index (χ2n) is 6.09. The molecule has 1 atom stereocenters. The molecule has 2 N–H and O–H groups in total. The van der Waals surface area contributed by atoms with E-state index in [1.54, 1.807) is 48.5 Å². The number of pyridine rings is 1. The van der Waals surface area contributed by atoms with E-state index < -0.39 is 23.5 Å². The number of nitrogens with one attached hydrogen (secondary N) is 2. The van der Waals surface area contributed by atoms with Gasteiger partial charge in [-0.15, -0.1) is 0 Å². The molecule has 0 fully saturated rings. The van der Waals surface area contributed by atoms with Crippen LogP contribution in [-0.2, 0) is 9.53 Å². The van der Waals surface area contributed by atoms with Crippen LogP contribution in [0.3, 0.4) is 0 Å². The first-order valence-corrected chi connectivity index (χ1v) is 8.84. The van der Waals surface area contributed by atoms with Crippen molar-refractivity contribution in [2.45, 2.75) is 20.0 Å². The monoisotopic (exact) mass is 380 g/mol. The van der Waals surface area contributed by atoms with Crippen LogP contribution >= 0.6 is 0 Å². The van der Waals surface area contributed by atoms with Crippen LogP contribution in [0.25, 0.3) is 10.8 Å². The maximum atomic E-state index is 12.3. The van der Waals surface area contributed by atoms with Gasteiger partial charge < -0.3 is 19.8 Å². The van der Waals surface area contributed by atoms with Crippen LogP contribution in [0.15, 0.2) is 59.4 Å². The van der Waals surface area contributed by atoms with Gasteiger partial charge in [-0.05, 0) is 55.6 Å². The summed E-state index contributed by atoms with van der Waals surface area (Å²) in [5.41, 5.74) is 0.149. The standard InChI is InChI=1S/C21H20N2O5/c1-3-27-16-10-8-15(9-11-16)22-19(24)13(2)28-21(26)18-12-14-6-4-5-7-17(14)20(25)23-18/h4-13H,3H2,1-2H3,(H,22,24)(H,23,25)/t13-/m1/s1. The molecule has 0 aliphatic rings. The summed E-state index contributed by atoms with van der Waals surface area (Å²) in [7, 11) is 0. The molecule has 0 unspecified atom stereocenters. The molecule has 28 heavy (non-hydrogen) atoms. The van der Waals surface area contributed by atoms with Gasteiger partial charge >= 0.3 is 5.97 Å². The van der Waals surface area contributed by atoms with Crippen molar-refractivity contribution in [3.63, 3.8) is 0 Å². The number of carbonyl (C=O) groups is 2. The molecule has 0 saturated heterocycles. The number of benzene rings is 2. The second-order valence-corrected chi connectivity index (χ2v) is 6.09. The number of hydrogen-bond donors (Lipinski definition) is 2. The molecule has 0 aliphatic carbocycles. The molecule has 2 aromatic carbocycles. The molecular weight excluding hydrogens is 360 g/mol. The molecule has 0 saturated carbocycles. The molecule has 1 heterocycles. The number of carbonyl (C=O) groups excluding carboxylic acids is 2. The summed E-state index contributed by atoms with van der Waals surface area (Å²) in [6.45, 7) is 3.89. The highest BCUT2D eigenvalue weighted by atomic mass is 16.5. The highest BCUT2D eigenvalue weighted by Crippen LogP contribution is 2.16. The lowest BCUT2D eigenvalue weighted by atomic mass is 10.1. The summed E-state index contributed by atoms with van der Waals surface area (Å²) < 4.78 is 10.5. The van der Waals surface area contributed by atoms with Gasteiger partial charge in [0, 0.05) is 11.1 Å². The quantitative estimate of drug-likeness (QED) is 0.641. The van der Waals surface area contributed by atoms with E-state index in [2.05, 4.69) is 10.3 Å². The van der Waals surface area contributed by atoms with Crippen LogP contribution in [0.2, 0.25) is 0 Å². The Balaban J connectivity index is 1.66. The topological polar surface area (TPSA) is 97.5 Å². The Bertz CT molecular complexity index is 1060. The molecule has 1 aromatic heterocycles. The van der Waals surface area contributed by atoms with E-state index >= 15 is 0 Å².